The second kappa shape index (κ2) is 6.41. The molecule has 0 bridgehead atoms. The van der Waals surface area contributed by atoms with Crippen LogP contribution in [-0.2, 0) is 11.3 Å². The van der Waals surface area contributed by atoms with Crippen LogP contribution in [-0.4, -0.2) is 38.7 Å². The molecule has 26 heavy (non-hydrogen) atoms. The number of nitrogens with one attached hydrogen (secondary N) is 1. The highest BCUT2D eigenvalue weighted by Gasteiger charge is 2.52. The number of aromatic nitrogens is 3. The molecule has 1 atom stereocenters. The predicted molar refractivity (Wildman–Crippen MR) is 98.8 cm³/mol. The second-order valence-electron chi connectivity index (χ2n) is 8.30. The maximum absolute atomic E-state index is 12.6. The van der Waals surface area contributed by atoms with E-state index in [9.17, 15) is 9.59 Å². The van der Waals surface area contributed by atoms with Gasteiger partial charge in [0.25, 0.3) is 0 Å². The van der Waals surface area contributed by atoms with Gasteiger partial charge in [-0.3, -0.25) is 9.36 Å². The van der Waals surface area contributed by atoms with E-state index in [1.807, 2.05) is 35.2 Å². The fourth-order valence-corrected chi connectivity index (χ4v) is 4.03. The van der Waals surface area contributed by atoms with Gasteiger partial charge in [0.05, 0.1) is 6.54 Å². The third-order valence-electron chi connectivity index (χ3n) is 5.95. The number of rotatable bonds is 4. The summed E-state index contributed by atoms with van der Waals surface area (Å²) in [4.78, 5) is 26.8. The van der Waals surface area contributed by atoms with Crippen molar-refractivity contribution in [3.8, 4) is 0 Å². The molecule has 138 valence electrons. The van der Waals surface area contributed by atoms with Crippen molar-refractivity contribution < 1.29 is 4.79 Å². The number of carbonyl (C=O) groups is 1. The largest absolute Gasteiger partial charge is 0.343 e. The lowest BCUT2D eigenvalue weighted by Gasteiger charge is -2.32. The van der Waals surface area contributed by atoms with Gasteiger partial charge in [0.2, 0.25) is 5.91 Å². The maximum atomic E-state index is 12.6. The van der Waals surface area contributed by atoms with Gasteiger partial charge in [-0.15, -0.1) is 0 Å². The fourth-order valence-electron chi connectivity index (χ4n) is 4.03. The summed E-state index contributed by atoms with van der Waals surface area (Å²) in [6.07, 6.45) is 2.72. The van der Waals surface area contributed by atoms with E-state index >= 15 is 0 Å². The molecule has 1 aromatic carbocycles. The molecule has 6 heteroatoms. The number of hydrogen-bond acceptors (Lipinski definition) is 3. The van der Waals surface area contributed by atoms with Crippen molar-refractivity contribution in [3.63, 3.8) is 0 Å². The molecule has 1 saturated heterocycles. The third-order valence-corrected chi connectivity index (χ3v) is 5.95. The number of aromatic amines is 1. The van der Waals surface area contributed by atoms with Crippen LogP contribution >= 0.6 is 0 Å². The smallest absolute Gasteiger partial charge is 0.342 e. The Bertz CT molecular complexity index is 844. The Balaban J connectivity index is 1.44. The summed E-state index contributed by atoms with van der Waals surface area (Å²) in [5.41, 5.74) is 1.09. The number of benzene rings is 1. The zero-order valence-electron chi connectivity index (χ0n) is 15.4. The minimum Gasteiger partial charge on any atom is -0.342 e. The second-order valence-corrected chi connectivity index (χ2v) is 8.30. The molecule has 1 saturated carbocycles. The van der Waals surface area contributed by atoms with Gasteiger partial charge in [-0.25, -0.2) is 9.89 Å². The molecule has 6 nitrogen and oxygen atoms in total. The van der Waals surface area contributed by atoms with Gasteiger partial charge in [0.1, 0.15) is 5.82 Å². The van der Waals surface area contributed by atoms with Crippen molar-refractivity contribution >= 4 is 5.91 Å². The van der Waals surface area contributed by atoms with Gasteiger partial charge in [0.15, 0.2) is 0 Å². The van der Waals surface area contributed by atoms with Gasteiger partial charge in [-0.1, -0.05) is 44.2 Å². The Morgan fingerprint density at radius 3 is 2.50 bits per heavy atom. The third kappa shape index (κ3) is 3.20. The van der Waals surface area contributed by atoms with E-state index in [-0.39, 0.29) is 22.9 Å². The lowest BCUT2D eigenvalue weighted by atomic mass is 9.95. The van der Waals surface area contributed by atoms with Crippen molar-refractivity contribution in [2.75, 3.05) is 13.1 Å². The molecule has 1 amide bonds. The molecule has 2 aromatic rings. The summed E-state index contributed by atoms with van der Waals surface area (Å²) in [6, 6.07) is 9.95. The molecule has 4 rings (SSSR count). The lowest BCUT2D eigenvalue weighted by molar-refractivity contribution is -0.134. The van der Waals surface area contributed by atoms with Crippen LogP contribution in [0.4, 0.5) is 0 Å². The number of carbonyl (C=O) groups excluding carboxylic acids is 1. The van der Waals surface area contributed by atoms with Crippen LogP contribution in [0.2, 0.25) is 0 Å². The van der Waals surface area contributed by atoms with Gasteiger partial charge < -0.3 is 4.90 Å². The van der Waals surface area contributed by atoms with E-state index in [0.29, 0.717) is 12.5 Å². The summed E-state index contributed by atoms with van der Waals surface area (Å²) in [5, 5.41) is 6.90. The van der Waals surface area contributed by atoms with Crippen molar-refractivity contribution in [3.05, 3.63) is 52.2 Å². The molecular weight excluding hydrogens is 328 g/mol. The average Bonchev–Trinajstić information content (AvgIpc) is 3.14. The zero-order chi connectivity index (χ0) is 18.3. The van der Waals surface area contributed by atoms with E-state index in [1.165, 1.54) is 0 Å². The fraction of sp³-hybridized carbons (Fsp3) is 0.550. The van der Waals surface area contributed by atoms with Crippen molar-refractivity contribution in [1.29, 1.82) is 0 Å². The van der Waals surface area contributed by atoms with Gasteiger partial charge >= 0.3 is 5.69 Å². The van der Waals surface area contributed by atoms with Crippen LogP contribution in [0, 0.1) is 11.3 Å². The number of piperidine rings is 1. The molecule has 0 spiro atoms. The van der Waals surface area contributed by atoms with Gasteiger partial charge in [-0.05, 0) is 30.2 Å². The van der Waals surface area contributed by atoms with E-state index in [2.05, 4.69) is 24.0 Å². The molecule has 2 aliphatic rings. The molecule has 0 radical (unpaired) electrons. The Hall–Kier alpha value is -2.37. The number of hydrogen-bond donors (Lipinski definition) is 1. The molecule has 2 fully saturated rings. The van der Waals surface area contributed by atoms with Crippen LogP contribution in [0.5, 0.6) is 0 Å². The van der Waals surface area contributed by atoms with Crippen LogP contribution in [0.25, 0.3) is 0 Å². The number of amides is 1. The van der Waals surface area contributed by atoms with E-state index in [0.717, 1.165) is 43.7 Å². The Kier molecular flexibility index (Phi) is 4.21. The SMILES string of the molecule is CC1(C)C[C@@H]1C(=O)N1CCC(c2n[nH]c(=O)n2Cc2ccccc2)CC1. The Morgan fingerprint density at radius 2 is 1.88 bits per heavy atom. The zero-order valence-corrected chi connectivity index (χ0v) is 15.4. The monoisotopic (exact) mass is 354 g/mol. The molecule has 2 heterocycles. The molecule has 1 aliphatic carbocycles. The minimum absolute atomic E-state index is 0.165. The summed E-state index contributed by atoms with van der Waals surface area (Å²) < 4.78 is 1.74. The molecule has 1 N–H and O–H groups in total. The highest BCUT2D eigenvalue weighted by Crippen LogP contribution is 2.52. The first kappa shape index (κ1) is 17.1. The molecular formula is C20H26N4O2. The lowest BCUT2D eigenvalue weighted by Crippen LogP contribution is -2.40. The molecule has 1 aromatic heterocycles. The molecule has 0 unspecified atom stereocenters. The Labute approximate surface area is 153 Å². The van der Waals surface area contributed by atoms with Gasteiger partial charge in [0, 0.05) is 24.9 Å². The number of nitrogens with zero attached hydrogens (tertiary/aromatic N) is 3. The highest BCUT2D eigenvalue weighted by molar-refractivity contribution is 5.82. The Morgan fingerprint density at radius 1 is 1.23 bits per heavy atom. The van der Waals surface area contributed by atoms with Crippen molar-refractivity contribution in [2.45, 2.75) is 45.6 Å². The molecule has 1 aliphatic heterocycles. The van der Waals surface area contributed by atoms with E-state index in [4.69, 9.17) is 0 Å². The summed E-state index contributed by atoms with van der Waals surface area (Å²) in [7, 11) is 0. The van der Waals surface area contributed by atoms with Crippen LogP contribution in [0.3, 0.4) is 0 Å². The topological polar surface area (TPSA) is 71.0 Å². The van der Waals surface area contributed by atoms with Crippen molar-refractivity contribution in [2.24, 2.45) is 11.3 Å². The highest BCUT2D eigenvalue weighted by atomic mass is 16.2. The van der Waals surface area contributed by atoms with E-state index < -0.39 is 0 Å². The standard InChI is InChI=1S/C20H26N4O2/c1-20(2)12-16(20)18(25)23-10-8-15(9-11-23)17-21-22-19(26)24(17)13-14-6-4-3-5-7-14/h3-7,15-16H,8-13H2,1-2H3,(H,22,26)/t16-/m1/s1. The van der Waals surface area contributed by atoms with Gasteiger partial charge in [-0.2, -0.15) is 5.10 Å². The van der Waals surface area contributed by atoms with Crippen molar-refractivity contribution in [1.82, 2.24) is 19.7 Å². The van der Waals surface area contributed by atoms with E-state index in [1.54, 1.807) is 4.57 Å². The summed E-state index contributed by atoms with van der Waals surface area (Å²) in [6.45, 7) is 6.36. The maximum Gasteiger partial charge on any atom is 0.343 e. The first-order valence-corrected chi connectivity index (χ1v) is 9.43. The van der Waals surface area contributed by atoms with Crippen LogP contribution in [0.1, 0.15) is 50.4 Å². The normalized spacial score (nSPS) is 22.4. The number of likely N-dealkylation sites (tertiary alicyclic amines) is 1. The van der Waals surface area contributed by atoms with Crippen LogP contribution < -0.4 is 5.69 Å². The summed E-state index contributed by atoms with van der Waals surface area (Å²) >= 11 is 0. The summed E-state index contributed by atoms with van der Waals surface area (Å²) in [5.74, 6) is 1.53. The first-order chi connectivity index (χ1) is 12.5. The number of H-pyrrole nitrogens is 1. The predicted octanol–water partition coefficient (Wildman–Crippen LogP) is 2.37. The average molecular weight is 354 g/mol. The quantitative estimate of drug-likeness (QED) is 0.916. The minimum atomic E-state index is -0.165. The van der Waals surface area contributed by atoms with Crippen LogP contribution in [0.15, 0.2) is 35.1 Å². The first-order valence-electron chi connectivity index (χ1n) is 9.43.